The zero-order valence-corrected chi connectivity index (χ0v) is 7.58. The number of aryl methyl sites for hydroxylation is 1. The molecule has 1 heterocycles. The zero-order chi connectivity index (χ0) is 10.0. The number of methoxy groups -OCH3 is 2. The van der Waals surface area contributed by atoms with Crippen LogP contribution in [0.4, 0.5) is 4.79 Å². The van der Waals surface area contributed by atoms with E-state index in [-0.39, 0.29) is 5.75 Å². The fourth-order valence-corrected chi connectivity index (χ4v) is 0.991. The van der Waals surface area contributed by atoms with Crippen LogP contribution in [-0.4, -0.2) is 30.1 Å². The summed E-state index contributed by atoms with van der Waals surface area (Å²) in [6, 6.07) is 0. The Morgan fingerprint density at radius 2 is 2.08 bits per heavy atom. The number of hydrogen-bond donors (Lipinski definition) is 1. The Morgan fingerprint density at radius 1 is 1.46 bits per heavy atom. The highest BCUT2D eigenvalue weighted by Gasteiger charge is 2.16. The van der Waals surface area contributed by atoms with Crippen LogP contribution in [0.1, 0.15) is 5.69 Å². The molecule has 0 spiro atoms. The quantitative estimate of drug-likeness (QED) is 0.675. The number of hydrogen-bond acceptors (Lipinski definition) is 4. The number of carbonyl (C=O) groups excluding carboxylic acids is 1. The molecule has 72 valence electrons. The third kappa shape index (κ3) is 1.42. The lowest BCUT2D eigenvalue weighted by Crippen LogP contribution is -2.25. The van der Waals surface area contributed by atoms with Gasteiger partial charge in [0.1, 0.15) is 0 Å². The number of H-pyrrole nitrogens is 1. The highest BCUT2D eigenvalue weighted by molar-refractivity contribution is 5.69. The smallest absolute Gasteiger partial charge is 0.436 e. The van der Waals surface area contributed by atoms with Gasteiger partial charge in [-0.3, -0.25) is 9.89 Å². The van der Waals surface area contributed by atoms with Gasteiger partial charge in [-0.25, -0.2) is 4.79 Å². The summed E-state index contributed by atoms with van der Waals surface area (Å²) in [5, 5.41) is 2.52. The van der Waals surface area contributed by atoms with Crippen LogP contribution in [0.2, 0.25) is 0 Å². The van der Waals surface area contributed by atoms with Crippen LogP contribution in [0.25, 0.3) is 0 Å². The minimum Gasteiger partial charge on any atom is -0.490 e. The summed E-state index contributed by atoms with van der Waals surface area (Å²) in [6.07, 6.45) is -0.767. The van der Waals surface area contributed by atoms with E-state index >= 15 is 0 Å². The lowest BCUT2D eigenvalue weighted by Gasteiger charge is -1.95. The molecule has 0 amide bonds. The van der Waals surface area contributed by atoms with Gasteiger partial charge >= 0.3 is 11.7 Å². The molecule has 0 radical (unpaired) electrons. The molecule has 0 aliphatic rings. The molecule has 13 heavy (non-hydrogen) atoms. The van der Waals surface area contributed by atoms with Crippen LogP contribution in [0.3, 0.4) is 0 Å². The van der Waals surface area contributed by atoms with E-state index < -0.39 is 11.7 Å². The molecule has 0 saturated heterocycles. The van der Waals surface area contributed by atoms with Gasteiger partial charge < -0.3 is 9.47 Å². The Morgan fingerprint density at radius 3 is 2.46 bits per heavy atom. The molecule has 0 aliphatic heterocycles. The highest BCUT2D eigenvalue weighted by Crippen LogP contribution is 2.07. The van der Waals surface area contributed by atoms with Crippen LogP contribution in [0.15, 0.2) is 4.79 Å². The average molecular weight is 186 g/mol. The van der Waals surface area contributed by atoms with Gasteiger partial charge in [-0.05, 0) is 6.92 Å². The van der Waals surface area contributed by atoms with Crippen LogP contribution in [0, 0.1) is 6.92 Å². The fourth-order valence-electron chi connectivity index (χ4n) is 0.991. The van der Waals surface area contributed by atoms with Crippen molar-refractivity contribution < 1.29 is 14.3 Å². The third-order valence-corrected chi connectivity index (χ3v) is 1.58. The van der Waals surface area contributed by atoms with Crippen molar-refractivity contribution in [2.24, 2.45) is 0 Å². The van der Waals surface area contributed by atoms with Crippen molar-refractivity contribution >= 4 is 6.09 Å². The maximum absolute atomic E-state index is 11.3. The third-order valence-electron chi connectivity index (χ3n) is 1.58. The first-order valence-electron chi connectivity index (χ1n) is 3.55. The lowest BCUT2D eigenvalue weighted by molar-refractivity contribution is 0.168. The van der Waals surface area contributed by atoms with E-state index in [1.165, 1.54) is 14.2 Å². The van der Waals surface area contributed by atoms with Crippen LogP contribution < -0.4 is 10.3 Å². The molecule has 1 aromatic rings. The molecule has 0 unspecified atom stereocenters. The van der Waals surface area contributed by atoms with Crippen molar-refractivity contribution in [2.75, 3.05) is 14.2 Å². The van der Waals surface area contributed by atoms with Gasteiger partial charge in [-0.15, -0.1) is 4.68 Å². The molecule has 0 fully saturated rings. The molecule has 0 saturated carbocycles. The van der Waals surface area contributed by atoms with Gasteiger partial charge in [-0.2, -0.15) is 0 Å². The van der Waals surface area contributed by atoms with E-state index in [0.717, 1.165) is 4.68 Å². The molecule has 6 heteroatoms. The fraction of sp³-hybridized carbons (Fsp3) is 0.429. The predicted octanol–water partition coefficient (Wildman–Crippen LogP) is 0.108. The van der Waals surface area contributed by atoms with Crippen molar-refractivity contribution in [3.63, 3.8) is 0 Å². The molecule has 6 nitrogen and oxygen atoms in total. The molecule has 0 atom stereocenters. The second-order valence-electron chi connectivity index (χ2n) is 2.38. The first-order valence-corrected chi connectivity index (χ1v) is 3.55. The molecular weight excluding hydrogens is 176 g/mol. The molecule has 1 N–H and O–H groups in total. The molecule has 0 aliphatic carbocycles. The van der Waals surface area contributed by atoms with Gasteiger partial charge in [0.05, 0.1) is 19.9 Å². The Labute approximate surface area is 74.0 Å². The number of ether oxygens (including phenoxy) is 2. The van der Waals surface area contributed by atoms with Crippen LogP contribution in [-0.2, 0) is 4.74 Å². The standard InChI is InChI=1S/C7H10N2O4/c1-4-5(12-2)6(10)9(8-4)7(11)13-3/h8H,1-3H3. The summed E-state index contributed by atoms with van der Waals surface area (Å²) in [5.74, 6) is 0.116. The van der Waals surface area contributed by atoms with Gasteiger partial charge in [0.15, 0.2) is 0 Å². The van der Waals surface area contributed by atoms with E-state index in [2.05, 4.69) is 9.84 Å². The summed E-state index contributed by atoms with van der Waals surface area (Å²) in [7, 11) is 2.55. The molecular formula is C7H10N2O4. The topological polar surface area (TPSA) is 73.3 Å². The number of nitrogens with one attached hydrogen (secondary N) is 1. The lowest BCUT2D eigenvalue weighted by atomic mass is 10.4. The number of rotatable bonds is 1. The Hall–Kier alpha value is -1.72. The summed E-state index contributed by atoms with van der Waals surface area (Å²) in [6.45, 7) is 1.62. The van der Waals surface area contributed by atoms with E-state index in [1.54, 1.807) is 6.92 Å². The van der Waals surface area contributed by atoms with Gasteiger partial charge in [0.2, 0.25) is 5.75 Å². The largest absolute Gasteiger partial charge is 0.490 e. The van der Waals surface area contributed by atoms with Gasteiger partial charge in [0.25, 0.3) is 0 Å². The van der Waals surface area contributed by atoms with Gasteiger partial charge in [-0.1, -0.05) is 0 Å². The van der Waals surface area contributed by atoms with Gasteiger partial charge in [0, 0.05) is 0 Å². The van der Waals surface area contributed by atoms with Crippen LogP contribution >= 0.6 is 0 Å². The molecule has 1 rings (SSSR count). The monoisotopic (exact) mass is 186 g/mol. The Balaban J connectivity index is 3.26. The first-order chi connectivity index (χ1) is 6.11. The number of nitrogens with zero attached hydrogens (tertiary/aromatic N) is 1. The zero-order valence-electron chi connectivity index (χ0n) is 7.58. The van der Waals surface area contributed by atoms with Crippen molar-refractivity contribution in [2.45, 2.75) is 6.92 Å². The minimum atomic E-state index is -0.767. The van der Waals surface area contributed by atoms with Crippen molar-refractivity contribution in [3.8, 4) is 5.75 Å². The summed E-state index contributed by atoms with van der Waals surface area (Å²) >= 11 is 0. The van der Waals surface area contributed by atoms with Crippen molar-refractivity contribution in [1.29, 1.82) is 0 Å². The highest BCUT2D eigenvalue weighted by atomic mass is 16.5. The minimum absolute atomic E-state index is 0.116. The number of carbonyl (C=O) groups is 1. The van der Waals surface area contributed by atoms with Crippen molar-refractivity contribution in [3.05, 3.63) is 16.0 Å². The molecule has 1 aromatic heterocycles. The Kier molecular flexibility index (Phi) is 2.41. The van der Waals surface area contributed by atoms with Crippen molar-refractivity contribution in [1.82, 2.24) is 9.78 Å². The van der Waals surface area contributed by atoms with E-state index in [9.17, 15) is 9.59 Å². The van der Waals surface area contributed by atoms with Crippen LogP contribution in [0.5, 0.6) is 5.75 Å². The van der Waals surface area contributed by atoms with E-state index in [0.29, 0.717) is 5.69 Å². The molecule has 0 aromatic carbocycles. The maximum Gasteiger partial charge on any atom is 0.436 e. The first kappa shape index (κ1) is 9.37. The number of aromatic nitrogens is 2. The molecule has 0 bridgehead atoms. The summed E-state index contributed by atoms with van der Waals surface area (Å²) < 4.78 is 9.89. The second kappa shape index (κ2) is 3.34. The maximum atomic E-state index is 11.3. The van der Waals surface area contributed by atoms with E-state index in [1.807, 2.05) is 0 Å². The van der Waals surface area contributed by atoms with E-state index in [4.69, 9.17) is 4.74 Å². The number of aromatic amines is 1. The second-order valence-corrected chi connectivity index (χ2v) is 2.38. The Bertz CT molecular complexity index is 376. The predicted molar refractivity (Wildman–Crippen MR) is 44.1 cm³/mol. The normalized spacial score (nSPS) is 9.77. The summed E-state index contributed by atoms with van der Waals surface area (Å²) in [5.41, 5.74) is -0.0650. The average Bonchev–Trinajstić information content (AvgIpc) is 2.40. The summed E-state index contributed by atoms with van der Waals surface area (Å²) in [4.78, 5) is 22.3. The SMILES string of the molecule is COC(=O)n1[nH]c(C)c(OC)c1=O.